The van der Waals surface area contributed by atoms with Crippen molar-refractivity contribution in [3.63, 3.8) is 0 Å². The first-order valence-corrected chi connectivity index (χ1v) is 7.83. The van der Waals surface area contributed by atoms with E-state index >= 15 is 0 Å². The lowest BCUT2D eigenvalue weighted by atomic mass is 10.2. The molecule has 1 aromatic rings. The summed E-state index contributed by atoms with van der Waals surface area (Å²) in [6.45, 7) is 15.3. The SMILES string of the molecule is CC(C)NCc1cnc(OCCN(C(C)C)C(C)C)cn1. The van der Waals surface area contributed by atoms with E-state index < -0.39 is 0 Å². The van der Waals surface area contributed by atoms with Gasteiger partial charge < -0.3 is 10.1 Å². The summed E-state index contributed by atoms with van der Waals surface area (Å²) < 4.78 is 5.68. The van der Waals surface area contributed by atoms with Crippen LogP contribution in [0.1, 0.15) is 47.2 Å². The lowest BCUT2D eigenvalue weighted by Gasteiger charge is -2.30. The van der Waals surface area contributed by atoms with Gasteiger partial charge in [-0.3, -0.25) is 9.88 Å². The quantitative estimate of drug-likeness (QED) is 0.758. The predicted octanol–water partition coefficient (Wildman–Crippen LogP) is 2.47. The second kappa shape index (κ2) is 8.95. The Balaban J connectivity index is 2.38. The predicted molar refractivity (Wildman–Crippen MR) is 86.5 cm³/mol. The minimum Gasteiger partial charge on any atom is -0.475 e. The molecule has 120 valence electrons. The van der Waals surface area contributed by atoms with Crippen molar-refractivity contribution in [1.82, 2.24) is 20.2 Å². The van der Waals surface area contributed by atoms with E-state index in [1.54, 1.807) is 12.4 Å². The maximum Gasteiger partial charge on any atom is 0.232 e. The highest BCUT2D eigenvalue weighted by Gasteiger charge is 2.13. The van der Waals surface area contributed by atoms with Gasteiger partial charge in [-0.1, -0.05) is 13.8 Å². The summed E-state index contributed by atoms with van der Waals surface area (Å²) in [6.07, 6.45) is 3.47. The number of aromatic nitrogens is 2. The van der Waals surface area contributed by atoms with Crippen molar-refractivity contribution in [3.8, 4) is 5.88 Å². The number of rotatable bonds is 9. The van der Waals surface area contributed by atoms with E-state index in [1.807, 2.05) is 0 Å². The van der Waals surface area contributed by atoms with Crippen molar-refractivity contribution in [2.24, 2.45) is 0 Å². The average molecular weight is 294 g/mol. The molecule has 1 rings (SSSR count). The Hall–Kier alpha value is -1.20. The summed E-state index contributed by atoms with van der Waals surface area (Å²) in [4.78, 5) is 11.1. The third-order valence-electron chi connectivity index (χ3n) is 3.30. The first kappa shape index (κ1) is 17.9. The topological polar surface area (TPSA) is 50.3 Å². The Morgan fingerprint density at radius 2 is 1.71 bits per heavy atom. The van der Waals surface area contributed by atoms with Crippen molar-refractivity contribution in [2.45, 2.75) is 66.2 Å². The highest BCUT2D eigenvalue weighted by Crippen LogP contribution is 2.07. The van der Waals surface area contributed by atoms with Crippen LogP contribution in [0.5, 0.6) is 5.88 Å². The monoisotopic (exact) mass is 294 g/mol. The van der Waals surface area contributed by atoms with Crippen molar-refractivity contribution < 1.29 is 4.74 Å². The van der Waals surface area contributed by atoms with Crippen LogP contribution in [0.2, 0.25) is 0 Å². The van der Waals surface area contributed by atoms with Gasteiger partial charge >= 0.3 is 0 Å². The lowest BCUT2D eigenvalue weighted by molar-refractivity contribution is 0.140. The summed E-state index contributed by atoms with van der Waals surface area (Å²) in [5.41, 5.74) is 0.932. The number of hydrogen-bond donors (Lipinski definition) is 1. The van der Waals surface area contributed by atoms with Crippen molar-refractivity contribution in [1.29, 1.82) is 0 Å². The van der Waals surface area contributed by atoms with Gasteiger partial charge in [0.05, 0.1) is 18.1 Å². The third kappa shape index (κ3) is 6.87. The first-order valence-electron chi connectivity index (χ1n) is 7.83. The second-order valence-corrected chi connectivity index (χ2v) is 6.16. The zero-order valence-electron chi connectivity index (χ0n) is 14.3. The number of hydrogen-bond acceptors (Lipinski definition) is 5. The van der Waals surface area contributed by atoms with Crippen LogP contribution in [0.15, 0.2) is 12.4 Å². The standard InChI is InChI=1S/C16H30N4O/c1-12(2)17-9-15-10-19-16(11-18-15)21-8-7-20(13(3)4)14(5)6/h10-14,17H,7-9H2,1-6H3. The van der Waals surface area contributed by atoms with Gasteiger partial charge in [0.1, 0.15) is 6.61 Å². The van der Waals surface area contributed by atoms with Gasteiger partial charge in [-0.05, 0) is 27.7 Å². The molecule has 0 saturated heterocycles. The molecule has 0 radical (unpaired) electrons. The van der Waals surface area contributed by atoms with Crippen LogP contribution in [0.4, 0.5) is 0 Å². The van der Waals surface area contributed by atoms with Crippen molar-refractivity contribution >= 4 is 0 Å². The molecule has 0 unspecified atom stereocenters. The van der Waals surface area contributed by atoms with Crippen molar-refractivity contribution in [3.05, 3.63) is 18.1 Å². The molecular formula is C16H30N4O. The molecule has 0 aliphatic rings. The highest BCUT2D eigenvalue weighted by molar-refractivity contribution is 5.07. The van der Waals surface area contributed by atoms with Gasteiger partial charge in [0.15, 0.2) is 0 Å². The molecule has 0 aliphatic carbocycles. The van der Waals surface area contributed by atoms with Gasteiger partial charge in [-0.15, -0.1) is 0 Å². The summed E-state index contributed by atoms with van der Waals surface area (Å²) in [5.74, 6) is 0.593. The van der Waals surface area contributed by atoms with Crippen LogP contribution in [0.25, 0.3) is 0 Å². The van der Waals surface area contributed by atoms with E-state index in [-0.39, 0.29) is 0 Å². The molecule has 1 N–H and O–H groups in total. The van der Waals surface area contributed by atoms with E-state index in [4.69, 9.17) is 4.74 Å². The van der Waals surface area contributed by atoms with Gasteiger partial charge in [0.2, 0.25) is 5.88 Å². The van der Waals surface area contributed by atoms with Crippen LogP contribution in [0.3, 0.4) is 0 Å². The van der Waals surface area contributed by atoms with E-state index in [0.717, 1.165) is 18.8 Å². The molecule has 0 spiro atoms. The van der Waals surface area contributed by atoms with E-state index in [1.165, 1.54) is 0 Å². The first-order chi connectivity index (χ1) is 9.90. The summed E-state index contributed by atoms with van der Waals surface area (Å²) >= 11 is 0. The minimum atomic E-state index is 0.445. The summed E-state index contributed by atoms with van der Waals surface area (Å²) in [6, 6.07) is 1.48. The maximum absolute atomic E-state index is 5.68. The second-order valence-electron chi connectivity index (χ2n) is 6.16. The van der Waals surface area contributed by atoms with Crippen LogP contribution in [-0.2, 0) is 6.54 Å². The van der Waals surface area contributed by atoms with E-state index in [9.17, 15) is 0 Å². The van der Waals surface area contributed by atoms with Crippen LogP contribution in [-0.4, -0.2) is 46.1 Å². The van der Waals surface area contributed by atoms with Gasteiger partial charge in [-0.2, -0.15) is 0 Å². The normalized spacial score (nSPS) is 11.9. The Labute approximate surface area is 129 Å². The molecule has 0 saturated carbocycles. The molecule has 5 heteroatoms. The van der Waals surface area contributed by atoms with Crippen LogP contribution < -0.4 is 10.1 Å². The molecule has 21 heavy (non-hydrogen) atoms. The molecule has 0 amide bonds. The minimum absolute atomic E-state index is 0.445. The molecule has 0 atom stereocenters. The molecule has 1 heterocycles. The molecular weight excluding hydrogens is 264 g/mol. The fraction of sp³-hybridized carbons (Fsp3) is 0.750. The summed E-state index contributed by atoms with van der Waals surface area (Å²) in [7, 11) is 0. The zero-order valence-corrected chi connectivity index (χ0v) is 14.3. The van der Waals surface area contributed by atoms with E-state index in [2.05, 4.69) is 61.7 Å². The third-order valence-corrected chi connectivity index (χ3v) is 3.30. The summed E-state index contributed by atoms with van der Waals surface area (Å²) in [5, 5.41) is 3.31. The number of nitrogens with zero attached hydrogens (tertiary/aromatic N) is 3. The smallest absolute Gasteiger partial charge is 0.232 e. The fourth-order valence-corrected chi connectivity index (χ4v) is 2.19. The fourth-order valence-electron chi connectivity index (χ4n) is 2.19. The van der Waals surface area contributed by atoms with Crippen LogP contribution >= 0.6 is 0 Å². The van der Waals surface area contributed by atoms with Gasteiger partial charge in [0.25, 0.3) is 0 Å². The van der Waals surface area contributed by atoms with Gasteiger partial charge in [0, 0.05) is 31.2 Å². The molecule has 0 aromatic carbocycles. The van der Waals surface area contributed by atoms with Crippen LogP contribution in [0, 0.1) is 0 Å². The van der Waals surface area contributed by atoms with Gasteiger partial charge in [-0.25, -0.2) is 4.98 Å². The Morgan fingerprint density at radius 3 is 2.19 bits per heavy atom. The Kier molecular flexibility index (Phi) is 7.61. The lowest BCUT2D eigenvalue weighted by Crippen LogP contribution is -2.39. The molecule has 1 aromatic heterocycles. The molecule has 0 bridgehead atoms. The molecule has 0 fully saturated rings. The Bertz CT molecular complexity index is 382. The van der Waals surface area contributed by atoms with E-state index in [0.29, 0.717) is 30.6 Å². The average Bonchev–Trinajstić information content (AvgIpc) is 2.41. The van der Waals surface area contributed by atoms with Crippen molar-refractivity contribution in [2.75, 3.05) is 13.2 Å². The number of nitrogens with one attached hydrogen (secondary N) is 1. The highest BCUT2D eigenvalue weighted by atomic mass is 16.5. The zero-order chi connectivity index (χ0) is 15.8. The largest absolute Gasteiger partial charge is 0.475 e. The molecule has 5 nitrogen and oxygen atoms in total. The molecule has 0 aliphatic heterocycles. The number of ether oxygens (including phenoxy) is 1. The maximum atomic E-state index is 5.68. The Morgan fingerprint density at radius 1 is 1.05 bits per heavy atom.